The lowest BCUT2D eigenvalue weighted by atomic mass is 9.93. The van der Waals surface area contributed by atoms with Gasteiger partial charge in [-0.05, 0) is 25.7 Å². The molecule has 0 spiro atoms. The van der Waals surface area contributed by atoms with Gasteiger partial charge in [0.2, 0.25) is 5.91 Å². The Hall–Kier alpha value is -1.34. The lowest BCUT2D eigenvalue weighted by Crippen LogP contribution is -2.48. The number of urea groups is 1. The first-order valence-electron chi connectivity index (χ1n) is 7.62. The van der Waals surface area contributed by atoms with Crippen molar-refractivity contribution in [2.45, 2.75) is 51.1 Å². The summed E-state index contributed by atoms with van der Waals surface area (Å²) in [6, 6.07) is -0.444. The summed E-state index contributed by atoms with van der Waals surface area (Å²) in [5, 5.41) is 2.73. The number of nitrogens with zero attached hydrogens (tertiary/aromatic N) is 2. The van der Waals surface area contributed by atoms with Gasteiger partial charge in [-0.1, -0.05) is 13.8 Å². The first-order valence-corrected chi connectivity index (χ1v) is 7.62. The highest BCUT2D eigenvalue weighted by Gasteiger charge is 2.49. The number of hydrogen-bond donors (Lipinski definition) is 2. The summed E-state index contributed by atoms with van der Waals surface area (Å²) < 4.78 is 0. The molecular weight excluding hydrogens is 308 g/mol. The van der Waals surface area contributed by atoms with Crippen LogP contribution in [-0.4, -0.2) is 58.9 Å². The first kappa shape index (κ1) is 18.7. The number of carbonyl (C=O) groups is 3. The number of imide groups is 1. The average molecular weight is 333 g/mol. The quantitative estimate of drug-likeness (QED) is 0.715. The van der Waals surface area contributed by atoms with Gasteiger partial charge in [0.15, 0.2) is 0 Å². The molecule has 1 atom stereocenters. The van der Waals surface area contributed by atoms with Gasteiger partial charge in [0, 0.05) is 19.1 Å². The molecule has 0 aromatic heterocycles. The number of carbonyl (C=O) groups excluding carboxylic acids is 3. The van der Waals surface area contributed by atoms with E-state index in [9.17, 15) is 14.4 Å². The Morgan fingerprint density at radius 1 is 1.36 bits per heavy atom. The van der Waals surface area contributed by atoms with Crippen molar-refractivity contribution in [3.8, 4) is 0 Å². The minimum absolute atomic E-state index is 0. The largest absolute Gasteiger partial charge is 0.337 e. The van der Waals surface area contributed by atoms with E-state index in [2.05, 4.69) is 5.32 Å². The van der Waals surface area contributed by atoms with E-state index in [-0.39, 0.29) is 36.8 Å². The van der Waals surface area contributed by atoms with Crippen LogP contribution in [0.3, 0.4) is 0 Å². The lowest BCUT2D eigenvalue weighted by molar-refractivity contribution is -0.139. The summed E-state index contributed by atoms with van der Waals surface area (Å²) in [6.07, 6.45) is 2.85. The van der Waals surface area contributed by atoms with Gasteiger partial charge in [0.05, 0.1) is 0 Å². The van der Waals surface area contributed by atoms with E-state index in [1.807, 2.05) is 13.8 Å². The molecule has 2 aliphatic heterocycles. The highest BCUT2D eigenvalue weighted by molar-refractivity contribution is 6.09. The molecule has 2 heterocycles. The van der Waals surface area contributed by atoms with Crippen LogP contribution in [-0.2, 0) is 9.59 Å². The maximum Gasteiger partial charge on any atom is 0.325 e. The van der Waals surface area contributed by atoms with Gasteiger partial charge in [-0.15, -0.1) is 12.4 Å². The van der Waals surface area contributed by atoms with Crippen LogP contribution in [0.15, 0.2) is 0 Å². The Bertz CT molecular complexity index is 453. The van der Waals surface area contributed by atoms with Gasteiger partial charge in [0.1, 0.15) is 12.1 Å². The monoisotopic (exact) mass is 332 g/mol. The van der Waals surface area contributed by atoms with Crippen LogP contribution >= 0.6 is 12.4 Å². The summed E-state index contributed by atoms with van der Waals surface area (Å²) in [6.45, 7) is 4.59. The molecular formula is C14H25ClN4O3. The molecule has 3 N–H and O–H groups in total. The van der Waals surface area contributed by atoms with Gasteiger partial charge < -0.3 is 16.0 Å². The fourth-order valence-electron chi connectivity index (χ4n) is 3.18. The standard InChI is InChI=1S/C14H24N4O3.ClH/c1-3-14(4-2)12(20)18(13(21)16-14)9-11(19)17-7-5-6-10(17)8-15;/h10H,3-9,15H2,1-2H3,(H,16,21);1H. The third kappa shape index (κ3) is 3.05. The van der Waals surface area contributed by atoms with Crippen LogP contribution in [0.2, 0.25) is 0 Å². The maximum atomic E-state index is 12.4. The van der Waals surface area contributed by atoms with Gasteiger partial charge in [-0.3, -0.25) is 14.5 Å². The summed E-state index contributed by atoms with van der Waals surface area (Å²) in [5.74, 6) is -0.496. The van der Waals surface area contributed by atoms with Crippen molar-refractivity contribution in [1.29, 1.82) is 0 Å². The highest BCUT2D eigenvalue weighted by atomic mass is 35.5. The van der Waals surface area contributed by atoms with Crippen molar-refractivity contribution in [2.24, 2.45) is 5.73 Å². The SMILES string of the molecule is CCC1(CC)NC(=O)N(CC(=O)N2CCCC2CN)C1=O.Cl. The molecule has 22 heavy (non-hydrogen) atoms. The molecule has 2 rings (SSSR count). The number of hydrogen-bond acceptors (Lipinski definition) is 4. The molecule has 7 nitrogen and oxygen atoms in total. The Morgan fingerprint density at radius 3 is 2.50 bits per heavy atom. The van der Waals surface area contributed by atoms with Crippen molar-refractivity contribution in [1.82, 2.24) is 15.1 Å². The molecule has 0 saturated carbocycles. The van der Waals surface area contributed by atoms with Crippen LogP contribution in [0, 0.1) is 0 Å². The molecule has 0 bridgehead atoms. The predicted molar refractivity (Wildman–Crippen MR) is 84.6 cm³/mol. The number of likely N-dealkylation sites (tertiary alicyclic amines) is 1. The predicted octanol–water partition coefficient (Wildman–Crippen LogP) is 0.469. The van der Waals surface area contributed by atoms with E-state index < -0.39 is 11.6 Å². The van der Waals surface area contributed by atoms with Gasteiger partial charge >= 0.3 is 6.03 Å². The smallest absolute Gasteiger partial charge is 0.325 e. The topological polar surface area (TPSA) is 95.7 Å². The molecule has 0 aliphatic carbocycles. The van der Waals surface area contributed by atoms with Crippen molar-refractivity contribution in [3.63, 3.8) is 0 Å². The van der Waals surface area contributed by atoms with Crippen LogP contribution in [0.5, 0.6) is 0 Å². The number of amides is 4. The zero-order valence-electron chi connectivity index (χ0n) is 13.1. The normalized spacial score (nSPS) is 23.5. The first-order chi connectivity index (χ1) is 9.99. The van der Waals surface area contributed by atoms with Gasteiger partial charge in [-0.2, -0.15) is 0 Å². The van der Waals surface area contributed by atoms with E-state index in [1.165, 1.54) is 0 Å². The van der Waals surface area contributed by atoms with Crippen LogP contribution in [0.4, 0.5) is 4.79 Å². The second-order valence-electron chi connectivity index (χ2n) is 5.73. The molecule has 0 aromatic rings. The number of nitrogens with one attached hydrogen (secondary N) is 1. The molecule has 126 valence electrons. The fraction of sp³-hybridized carbons (Fsp3) is 0.786. The molecule has 0 aromatic carbocycles. The lowest BCUT2D eigenvalue weighted by Gasteiger charge is -2.26. The van der Waals surface area contributed by atoms with Crippen LogP contribution in [0.1, 0.15) is 39.5 Å². The van der Waals surface area contributed by atoms with Gasteiger partial charge in [-0.25, -0.2) is 4.79 Å². The minimum atomic E-state index is -0.852. The summed E-state index contributed by atoms with van der Waals surface area (Å²) in [5.41, 5.74) is 4.81. The van der Waals surface area contributed by atoms with E-state index in [4.69, 9.17) is 5.73 Å². The summed E-state index contributed by atoms with van der Waals surface area (Å²) >= 11 is 0. The Morgan fingerprint density at radius 2 is 2.00 bits per heavy atom. The van der Waals surface area contributed by atoms with Gasteiger partial charge in [0.25, 0.3) is 5.91 Å². The van der Waals surface area contributed by atoms with E-state index in [1.54, 1.807) is 4.90 Å². The Balaban J connectivity index is 0.00000242. The van der Waals surface area contributed by atoms with Crippen molar-refractivity contribution >= 4 is 30.3 Å². The molecule has 2 fully saturated rings. The molecule has 2 aliphatic rings. The second kappa shape index (κ2) is 7.28. The van der Waals surface area contributed by atoms with E-state index >= 15 is 0 Å². The second-order valence-corrected chi connectivity index (χ2v) is 5.73. The molecule has 2 saturated heterocycles. The van der Waals surface area contributed by atoms with Crippen molar-refractivity contribution < 1.29 is 14.4 Å². The summed E-state index contributed by atoms with van der Waals surface area (Å²) in [7, 11) is 0. The average Bonchev–Trinajstić information content (AvgIpc) is 3.05. The van der Waals surface area contributed by atoms with E-state index in [0.29, 0.717) is 25.9 Å². The maximum absolute atomic E-state index is 12.4. The highest BCUT2D eigenvalue weighted by Crippen LogP contribution is 2.25. The van der Waals surface area contributed by atoms with Crippen molar-refractivity contribution in [3.05, 3.63) is 0 Å². The molecule has 1 unspecified atom stereocenters. The van der Waals surface area contributed by atoms with Crippen LogP contribution < -0.4 is 11.1 Å². The Kier molecular flexibility index (Phi) is 6.19. The zero-order valence-corrected chi connectivity index (χ0v) is 13.9. The third-order valence-electron chi connectivity index (χ3n) is 4.72. The summed E-state index contributed by atoms with van der Waals surface area (Å²) in [4.78, 5) is 39.5. The molecule has 0 radical (unpaired) electrons. The third-order valence-corrected chi connectivity index (χ3v) is 4.72. The fourth-order valence-corrected chi connectivity index (χ4v) is 3.18. The number of halogens is 1. The number of nitrogens with two attached hydrogens (primary N) is 1. The Labute approximate surface area is 137 Å². The van der Waals surface area contributed by atoms with Crippen LogP contribution in [0.25, 0.3) is 0 Å². The van der Waals surface area contributed by atoms with E-state index in [0.717, 1.165) is 17.7 Å². The number of rotatable bonds is 5. The molecule has 8 heteroatoms. The molecule has 4 amide bonds. The van der Waals surface area contributed by atoms with Crippen molar-refractivity contribution in [2.75, 3.05) is 19.6 Å². The minimum Gasteiger partial charge on any atom is -0.337 e. The zero-order chi connectivity index (χ0) is 15.6.